The van der Waals surface area contributed by atoms with E-state index in [1.165, 1.54) is 18.5 Å². The Morgan fingerprint density at radius 1 is 1.45 bits per heavy atom. The maximum absolute atomic E-state index is 13.1. The lowest BCUT2D eigenvalue weighted by atomic mass is 10.1. The minimum atomic E-state index is -0.473. The number of hydrogen-bond acceptors (Lipinski definition) is 4. The summed E-state index contributed by atoms with van der Waals surface area (Å²) in [6, 6.07) is 5.90. The van der Waals surface area contributed by atoms with Crippen LogP contribution in [0.5, 0.6) is 0 Å². The van der Waals surface area contributed by atoms with Crippen molar-refractivity contribution in [2.75, 3.05) is 0 Å². The number of hydrogen-bond donors (Lipinski definition) is 2. The van der Waals surface area contributed by atoms with Gasteiger partial charge in [0.1, 0.15) is 17.0 Å². The smallest absolute Gasteiger partial charge is 0.262 e. The molecule has 0 bridgehead atoms. The average molecular weight is 301 g/mol. The molecule has 0 fully saturated rings. The molecule has 0 aliphatic rings. The Kier molecular flexibility index (Phi) is 3.46. The Bertz CT molecular complexity index is 914. The van der Waals surface area contributed by atoms with Gasteiger partial charge in [-0.05, 0) is 24.6 Å². The van der Waals surface area contributed by atoms with E-state index < -0.39 is 11.5 Å². The molecule has 1 aromatic carbocycles. The number of nitrogens with one attached hydrogen (secondary N) is 2. The lowest BCUT2D eigenvalue weighted by Gasteiger charge is -2.05. The van der Waals surface area contributed by atoms with E-state index in [4.69, 9.17) is 4.42 Å². The molecule has 0 spiro atoms. The molecule has 0 aliphatic carbocycles. The molecular weight excluding hydrogens is 289 g/mol. The number of aryl methyl sites for hydroxylation is 1. The third kappa shape index (κ3) is 2.48. The summed E-state index contributed by atoms with van der Waals surface area (Å²) < 4.78 is 18.4. The van der Waals surface area contributed by atoms with E-state index in [1.807, 2.05) is 0 Å². The molecule has 112 valence electrons. The molecule has 0 aliphatic heterocycles. The van der Waals surface area contributed by atoms with Crippen LogP contribution in [-0.4, -0.2) is 15.9 Å². The molecule has 6 nitrogen and oxygen atoms in total. The van der Waals surface area contributed by atoms with Crippen LogP contribution in [0.2, 0.25) is 0 Å². The zero-order valence-corrected chi connectivity index (χ0v) is 11.6. The van der Waals surface area contributed by atoms with E-state index in [2.05, 4.69) is 15.3 Å². The number of benzene rings is 1. The standard InChI is InChI=1S/C15H12FN3O3/c1-8-11(12-14(21)18-7-19-15(12)22-8)13(20)17-6-9-3-2-4-10(16)5-9/h2-5,7H,6H2,1H3,(H,17,20)(H,18,19,21). The van der Waals surface area contributed by atoms with Gasteiger partial charge in [-0.15, -0.1) is 0 Å². The first-order chi connectivity index (χ1) is 10.6. The summed E-state index contributed by atoms with van der Waals surface area (Å²) in [5.41, 5.74) is 0.418. The maximum Gasteiger partial charge on any atom is 0.262 e. The number of aromatic nitrogens is 2. The second-order valence-electron chi connectivity index (χ2n) is 4.76. The van der Waals surface area contributed by atoms with Gasteiger partial charge < -0.3 is 14.7 Å². The summed E-state index contributed by atoms with van der Waals surface area (Å²) in [5, 5.41) is 2.75. The molecule has 2 N–H and O–H groups in total. The molecule has 0 saturated heterocycles. The van der Waals surface area contributed by atoms with Gasteiger partial charge in [0.25, 0.3) is 11.5 Å². The third-order valence-electron chi connectivity index (χ3n) is 3.24. The van der Waals surface area contributed by atoms with Crippen LogP contribution in [0.25, 0.3) is 11.1 Å². The van der Waals surface area contributed by atoms with E-state index in [9.17, 15) is 14.0 Å². The molecule has 22 heavy (non-hydrogen) atoms. The minimum Gasteiger partial charge on any atom is -0.442 e. The number of fused-ring (bicyclic) bond motifs is 1. The summed E-state index contributed by atoms with van der Waals surface area (Å²) in [4.78, 5) is 30.4. The lowest BCUT2D eigenvalue weighted by Crippen LogP contribution is -2.24. The van der Waals surface area contributed by atoms with E-state index in [-0.39, 0.29) is 29.0 Å². The number of amides is 1. The number of carbonyl (C=O) groups excluding carboxylic acids is 1. The highest BCUT2D eigenvalue weighted by molar-refractivity contribution is 6.06. The molecule has 3 aromatic rings. The van der Waals surface area contributed by atoms with Gasteiger partial charge in [-0.2, -0.15) is 0 Å². The highest BCUT2D eigenvalue weighted by Gasteiger charge is 2.21. The highest BCUT2D eigenvalue weighted by Crippen LogP contribution is 2.20. The van der Waals surface area contributed by atoms with Crippen LogP contribution in [0.4, 0.5) is 4.39 Å². The van der Waals surface area contributed by atoms with Crippen LogP contribution in [0.1, 0.15) is 21.7 Å². The molecule has 0 saturated carbocycles. The van der Waals surface area contributed by atoms with Gasteiger partial charge in [0.15, 0.2) is 0 Å². The van der Waals surface area contributed by atoms with E-state index in [0.29, 0.717) is 11.3 Å². The summed E-state index contributed by atoms with van der Waals surface area (Å²) >= 11 is 0. The SMILES string of the molecule is Cc1oc2nc[nH]c(=O)c2c1C(=O)NCc1cccc(F)c1. The molecule has 1 amide bonds. The third-order valence-corrected chi connectivity index (χ3v) is 3.24. The Balaban J connectivity index is 1.90. The molecular formula is C15H12FN3O3. The molecule has 2 heterocycles. The number of carbonyl (C=O) groups is 1. The number of H-pyrrole nitrogens is 1. The zero-order chi connectivity index (χ0) is 15.7. The second kappa shape index (κ2) is 5.44. The van der Waals surface area contributed by atoms with Crippen LogP contribution in [0.15, 0.2) is 39.8 Å². The van der Waals surface area contributed by atoms with Crippen LogP contribution in [-0.2, 0) is 6.54 Å². The molecule has 3 rings (SSSR count). The van der Waals surface area contributed by atoms with Crippen LogP contribution < -0.4 is 10.9 Å². The Morgan fingerprint density at radius 2 is 2.27 bits per heavy atom. The number of nitrogens with zero attached hydrogens (tertiary/aromatic N) is 1. The van der Waals surface area contributed by atoms with E-state index in [0.717, 1.165) is 0 Å². The predicted molar refractivity (Wildman–Crippen MR) is 76.9 cm³/mol. The fourth-order valence-corrected chi connectivity index (χ4v) is 2.24. The molecule has 2 aromatic heterocycles. The van der Waals surface area contributed by atoms with Gasteiger partial charge in [0, 0.05) is 6.54 Å². The van der Waals surface area contributed by atoms with Crippen LogP contribution >= 0.6 is 0 Å². The average Bonchev–Trinajstić information content (AvgIpc) is 2.82. The molecule has 0 unspecified atom stereocenters. The molecule has 0 radical (unpaired) electrons. The normalized spacial score (nSPS) is 10.8. The van der Waals surface area contributed by atoms with Crippen molar-refractivity contribution in [3.63, 3.8) is 0 Å². The highest BCUT2D eigenvalue weighted by atomic mass is 19.1. The van der Waals surface area contributed by atoms with Gasteiger partial charge in [0.2, 0.25) is 5.71 Å². The quantitative estimate of drug-likeness (QED) is 0.773. The van der Waals surface area contributed by atoms with Crippen molar-refractivity contribution in [2.45, 2.75) is 13.5 Å². The first-order valence-corrected chi connectivity index (χ1v) is 6.55. The fraction of sp³-hybridized carbons (Fsp3) is 0.133. The number of aromatic amines is 1. The van der Waals surface area contributed by atoms with Crippen molar-refractivity contribution >= 4 is 17.0 Å². The lowest BCUT2D eigenvalue weighted by molar-refractivity contribution is 0.0950. The Labute approximate surface area is 124 Å². The Hall–Kier alpha value is -2.96. The van der Waals surface area contributed by atoms with Crippen molar-refractivity contribution in [3.05, 3.63) is 63.7 Å². The van der Waals surface area contributed by atoms with Crippen molar-refractivity contribution in [2.24, 2.45) is 0 Å². The largest absolute Gasteiger partial charge is 0.442 e. The van der Waals surface area contributed by atoms with Crippen molar-refractivity contribution in [1.82, 2.24) is 15.3 Å². The maximum atomic E-state index is 13.1. The van der Waals surface area contributed by atoms with Gasteiger partial charge in [-0.25, -0.2) is 9.37 Å². The number of furan rings is 1. The first kappa shape index (κ1) is 14.0. The molecule has 7 heteroatoms. The van der Waals surface area contributed by atoms with Gasteiger partial charge in [-0.1, -0.05) is 12.1 Å². The Morgan fingerprint density at radius 3 is 3.05 bits per heavy atom. The summed E-state index contributed by atoms with van der Waals surface area (Å²) in [5.74, 6) is -0.549. The van der Waals surface area contributed by atoms with Gasteiger partial charge in [0.05, 0.1) is 11.9 Å². The number of halogens is 1. The first-order valence-electron chi connectivity index (χ1n) is 6.55. The van der Waals surface area contributed by atoms with Gasteiger partial charge in [-0.3, -0.25) is 9.59 Å². The summed E-state index contributed by atoms with van der Waals surface area (Å²) in [7, 11) is 0. The van der Waals surface area contributed by atoms with Crippen molar-refractivity contribution < 1.29 is 13.6 Å². The zero-order valence-electron chi connectivity index (χ0n) is 11.6. The molecule has 0 atom stereocenters. The topological polar surface area (TPSA) is 88.0 Å². The van der Waals surface area contributed by atoms with Gasteiger partial charge >= 0.3 is 0 Å². The van der Waals surface area contributed by atoms with Crippen LogP contribution in [0.3, 0.4) is 0 Å². The number of rotatable bonds is 3. The van der Waals surface area contributed by atoms with Crippen molar-refractivity contribution in [3.8, 4) is 0 Å². The predicted octanol–water partition coefficient (Wildman–Crippen LogP) is 1.89. The minimum absolute atomic E-state index is 0.108. The van der Waals surface area contributed by atoms with Crippen molar-refractivity contribution in [1.29, 1.82) is 0 Å². The van der Waals surface area contributed by atoms with E-state index in [1.54, 1.807) is 19.1 Å². The van der Waals surface area contributed by atoms with Crippen LogP contribution in [0, 0.1) is 12.7 Å². The fourth-order valence-electron chi connectivity index (χ4n) is 2.24. The summed E-state index contributed by atoms with van der Waals surface area (Å²) in [6.45, 7) is 1.72. The van der Waals surface area contributed by atoms with E-state index >= 15 is 0 Å². The second-order valence-corrected chi connectivity index (χ2v) is 4.76. The monoisotopic (exact) mass is 301 g/mol. The summed E-state index contributed by atoms with van der Waals surface area (Å²) in [6.07, 6.45) is 1.21.